The smallest absolute Gasteiger partial charge is 0.0492 e. The molecule has 1 nitrogen and oxygen atoms in total. The Morgan fingerprint density at radius 1 is 1.29 bits per heavy atom. The van der Waals surface area contributed by atoms with Crippen molar-refractivity contribution in [2.45, 2.75) is 19.3 Å². The van der Waals surface area contributed by atoms with E-state index in [2.05, 4.69) is 59.0 Å². The van der Waals surface area contributed by atoms with Crippen molar-refractivity contribution in [3.8, 4) is 0 Å². The van der Waals surface area contributed by atoms with E-state index in [9.17, 15) is 0 Å². The average Bonchev–Trinajstić information content (AvgIpc) is 2.64. The molecule has 0 aliphatic carbocycles. The molecule has 1 heterocycles. The molecule has 1 aromatic heterocycles. The summed E-state index contributed by atoms with van der Waals surface area (Å²) in [4.78, 5) is 3.31. The number of halogens is 1. The van der Waals surface area contributed by atoms with Gasteiger partial charge in [0.25, 0.3) is 0 Å². The minimum Gasteiger partial charge on any atom is -0.361 e. The molecule has 0 saturated carbocycles. The summed E-state index contributed by atoms with van der Waals surface area (Å²) in [6.07, 6.45) is 2.00. The van der Waals surface area contributed by atoms with Crippen LogP contribution in [0.1, 0.15) is 19.4 Å². The molecule has 0 saturated heterocycles. The first kappa shape index (κ1) is 9.78. The number of nitrogens with one attached hydrogen (secondary N) is 1. The number of H-pyrrole nitrogens is 1. The van der Waals surface area contributed by atoms with E-state index in [1.54, 1.807) is 0 Å². The third-order valence-corrected chi connectivity index (χ3v) is 4.05. The van der Waals surface area contributed by atoms with E-state index in [0.29, 0.717) is 0 Å². The zero-order chi connectivity index (χ0) is 10.2. The highest BCUT2D eigenvalue weighted by Gasteiger charge is 2.21. The summed E-state index contributed by atoms with van der Waals surface area (Å²) in [5.74, 6) is 0. The summed E-state index contributed by atoms with van der Waals surface area (Å²) in [6, 6.07) is 8.57. The van der Waals surface area contributed by atoms with Gasteiger partial charge >= 0.3 is 0 Å². The van der Waals surface area contributed by atoms with Gasteiger partial charge in [-0.2, -0.15) is 0 Å². The summed E-state index contributed by atoms with van der Waals surface area (Å²) >= 11 is 3.57. The van der Waals surface area contributed by atoms with E-state index in [4.69, 9.17) is 0 Å². The van der Waals surface area contributed by atoms with Crippen LogP contribution in [0.2, 0.25) is 0 Å². The zero-order valence-corrected chi connectivity index (χ0v) is 10.1. The van der Waals surface area contributed by atoms with Crippen LogP contribution in [0.25, 0.3) is 10.9 Å². The Bertz CT molecular complexity index is 442. The van der Waals surface area contributed by atoms with Gasteiger partial charge in [0, 0.05) is 22.5 Å². The van der Waals surface area contributed by atoms with Crippen LogP contribution >= 0.6 is 15.9 Å². The molecule has 0 bridgehead atoms. The Morgan fingerprint density at radius 2 is 2.07 bits per heavy atom. The van der Waals surface area contributed by atoms with Gasteiger partial charge in [-0.25, -0.2) is 0 Å². The van der Waals surface area contributed by atoms with Crippen LogP contribution in [0.3, 0.4) is 0 Å². The highest BCUT2D eigenvalue weighted by atomic mass is 79.9. The van der Waals surface area contributed by atoms with Crippen molar-refractivity contribution in [3.63, 3.8) is 0 Å². The molecule has 0 aliphatic heterocycles. The summed E-state index contributed by atoms with van der Waals surface area (Å²) in [7, 11) is 0. The molecular weight excluding hydrogens is 238 g/mol. The molecule has 2 heteroatoms. The second-order valence-electron chi connectivity index (χ2n) is 4.26. The SMILES string of the molecule is CC(C)(CBr)c1cccc2cc[nH]c12. The molecule has 14 heavy (non-hydrogen) atoms. The molecule has 0 radical (unpaired) electrons. The molecule has 1 N–H and O–H groups in total. The van der Waals surface area contributed by atoms with Gasteiger partial charge in [-0.15, -0.1) is 0 Å². The van der Waals surface area contributed by atoms with Crippen molar-refractivity contribution in [1.82, 2.24) is 4.98 Å². The summed E-state index contributed by atoms with van der Waals surface area (Å²) < 4.78 is 0. The van der Waals surface area contributed by atoms with Crippen LogP contribution in [0.15, 0.2) is 30.5 Å². The maximum atomic E-state index is 3.57. The lowest BCUT2D eigenvalue weighted by atomic mass is 9.86. The number of aromatic nitrogens is 1. The molecular formula is C12H14BrN. The van der Waals surface area contributed by atoms with Gasteiger partial charge in [0.2, 0.25) is 0 Å². The number of hydrogen-bond donors (Lipinski definition) is 1. The lowest BCUT2D eigenvalue weighted by Crippen LogP contribution is -2.19. The highest BCUT2D eigenvalue weighted by Crippen LogP contribution is 2.30. The van der Waals surface area contributed by atoms with Crippen molar-refractivity contribution in [2.75, 3.05) is 5.33 Å². The Kier molecular flexibility index (Phi) is 2.40. The van der Waals surface area contributed by atoms with Crippen molar-refractivity contribution >= 4 is 26.8 Å². The van der Waals surface area contributed by atoms with E-state index in [0.717, 1.165) is 5.33 Å². The zero-order valence-electron chi connectivity index (χ0n) is 8.47. The molecule has 0 atom stereocenters. The van der Waals surface area contributed by atoms with Crippen LogP contribution < -0.4 is 0 Å². The van der Waals surface area contributed by atoms with E-state index in [1.165, 1.54) is 16.5 Å². The van der Waals surface area contributed by atoms with Crippen molar-refractivity contribution in [2.24, 2.45) is 0 Å². The standard InChI is InChI=1S/C12H14BrN/c1-12(2,8-13)10-5-3-4-9-6-7-14-11(9)10/h3-7,14H,8H2,1-2H3. The number of alkyl halides is 1. The first-order chi connectivity index (χ1) is 6.65. The topological polar surface area (TPSA) is 15.8 Å². The van der Waals surface area contributed by atoms with Gasteiger partial charge < -0.3 is 4.98 Å². The minimum absolute atomic E-state index is 0.171. The lowest BCUT2D eigenvalue weighted by Gasteiger charge is -2.22. The van der Waals surface area contributed by atoms with Gasteiger partial charge in [-0.1, -0.05) is 48.0 Å². The molecule has 0 aliphatic rings. The normalized spacial score (nSPS) is 12.2. The highest BCUT2D eigenvalue weighted by molar-refractivity contribution is 9.09. The largest absolute Gasteiger partial charge is 0.361 e. The fourth-order valence-electron chi connectivity index (χ4n) is 1.72. The van der Waals surface area contributed by atoms with Crippen LogP contribution in [0.5, 0.6) is 0 Å². The molecule has 1 aromatic carbocycles. The van der Waals surface area contributed by atoms with Gasteiger partial charge in [-0.05, 0) is 17.0 Å². The number of hydrogen-bond acceptors (Lipinski definition) is 0. The first-order valence-corrected chi connectivity index (χ1v) is 5.90. The summed E-state index contributed by atoms with van der Waals surface area (Å²) in [6.45, 7) is 4.49. The van der Waals surface area contributed by atoms with Crippen molar-refractivity contribution in [1.29, 1.82) is 0 Å². The van der Waals surface area contributed by atoms with Gasteiger partial charge in [0.15, 0.2) is 0 Å². The molecule has 2 rings (SSSR count). The predicted octanol–water partition coefficient (Wildman–Crippen LogP) is 3.84. The summed E-state index contributed by atoms with van der Waals surface area (Å²) in [5, 5.41) is 2.26. The van der Waals surface area contributed by atoms with E-state index < -0.39 is 0 Å². The van der Waals surface area contributed by atoms with E-state index in [-0.39, 0.29) is 5.41 Å². The molecule has 0 fully saturated rings. The fraction of sp³-hybridized carbons (Fsp3) is 0.333. The van der Waals surface area contributed by atoms with Crippen LogP contribution in [-0.4, -0.2) is 10.3 Å². The van der Waals surface area contributed by atoms with E-state index in [1.807, 2.05) is 6.20 Å². The number of fused-ring (bicyclic) bond motifs is 1. The maximum absolute atomic E-state index is 3.57. The molecule has 2 aromatic rings. The van der Waals surface area contributed by atoms with Crippen LogP contribution in [-0.2, 0) is 5.41 Å². The number of aromatic amines is 1. The fourth-order valence-corrected chi connectivity index (χ4v) is 2.02. The number of para-hydroxylation sites is 1. The van der Waals surface area contributed by atoms with Gasteiger partial charge in [0.05, 0.1) is 0 Å². The Morgan fingerprint density at radius 3 is 2.79 bits per heavy atom. The minimum atomic E-state index is 0.171. The second kappa shape index (κ2) is 3.43. The molecule has 74 valence electrons. The monoisotopic (exact) mass is 251 g/mol. The molecule has 0 unspecified atom stereocenters. The van der Waals surface area contributed by atoms with E-state index >= 15 is 0 Å². The Labute approximate surface area is 92.6 Å². The number of benzene rings is 1. The van der Waals surface area contributed by atoms with Crippen molar-refractivity contribution in [3.05, 3.63) is 36.0 Å². The number of rotatable bonds is 2. The van der Waals surface area contributed by atoms with Gasteiger partial charge in [0.1, 0.15) is 0 Å². The maximum Gasteiger partial charge on any atom is 0.0492 e. The first-order valence-electron chi connectivity index (χ1n) is 4.78. The van der Waals surface area contributed by atoms with Crippen molar-refractivity contribution < 1.29 is 0 Å². The van der Waals surface area contributed by atoms with Crippen LogP contribution in [0, 0.1) is 0 Å². The average molecular weight is 252 g/mol. The predicted molar refractivity (Wildman–Crippen MR) is 65.1 cm³/mol. The Hall–Kier alpha value is -0.760. The summed E-state index contributed by atoms with van der Waals surface area (Å²) in [5.41, 5.74) is 2.80. The molecule has 0 spiro atoms. The third-order valence-electron chi connectivity index (χ3n) is 2.65. The third kappa shape index (κ3) is 1.48. The molecule has 0 amide bonds. The quantitative estimate of drug-likeness (QED) is 0.781. The second-order valence-corrected chi connectivity index (χ2v) is 4.83. The van der Waals surface area contributed by atoms with Gasteiger partial charge in [-0.3, -0.25) is 0 Å². The van der Waals surface area contributed by atoms with Crippen LogP contribution in [0.4, 0.5) is 0 Å². The lowest BCUT2D eigenvalue weighted by molar-refractivity contribution is 0.611. The Balaban J connectivity index is 2.67.